The minimum absolute atomic E-state index is 0.256. The zero-order valence-electron chi connectivity index (χ0n) is 10.9. The molecule has 0 saturated carbocycles. The molecular weight excluding hydrogens is 214 g/mol. The average molecular weight is 235 g/mol. The van der Waals surface area contributed by atoms with Crippen LogP contribution < -0.4 is 11.1 Å². The second kappa shape index (κ2) is 5.17. The van der Waals surface area contributed by atoms with Crippen molar-refractivity contribution in [1.82, 2.24) is 4.98 Å². The van der Waals surface area contributed by atoms with Gasteiger partial charge in [-0.1, -0.05) is 27.7 Å². The summed E-state index contributed by atoms with van der Waals surface area (Å²) in [6.45, 7) is 9.68. The summed E-state index contributed by atoms with van der Waals surface area (Å²) >= 11 is 0. The van der Waals surface area contributed by atoms with E-state index >= 15 is 0 Å². The maximum atomic E-state index is 11.0. The first-order chi connectivity index (χ1) is 7.80. The van der Waals surface area contributed by atoms with Crippen LogP contribution in [0.15, 0.2) is 18.3 Å². The van der Waals surface area contributed by atoms with Crippen LogP contribution in [0, 0.1) is 11.3 Å². The van der Waals surface area contributed by atoms with Gasteiger partial charge in [0, 0.05) is 18.4 Å². The molecule has 1 unspecified atom stereocenters. The van der Waals surface area contributed by atoms with E-state index in [1.54, 1.807) is 12.3 Å². The number of rotatable bonds is 4. The molecule has 0 aromatic carbocycles. The SMILES string of the molecule is CC(CNc1ccnc(C(N)=O)c1)C(C)(C)C. The van der Waals surface area contributed by atoms with Crippen molar-refractivity contribution < 1.29 is 4.79 Å². The molecule has 94 valence electrons. The zero-order chi connectivity index (χ0) is 13.1. The molecule has 0 spiro atoms. The van der Waals surface area contributed by atoms with Gasteiger partial charge in [-0.2, -0.15) is 0 Å². The number of nitrogens with two attached hydrogens (primary N) is 1. The van der Waals surface area contributed by atoms with Crippen molar-refractivity contribution in [3.8, 4) is 0 Å². The van der Waals surface area contributed by atoms with Crippen LogP contribution in [0.1, 0.15) is 38.2 Å². The summed E-state index contributed by atoms with van der Waals surface area (Å²) in [5.41, 5.74) is 6.60. The highest BCUT2D eigenvalue weighted by Crippen LogP contribution is 2.25. The predicted octanol–water partition coefficient (Wildman–Crippen LogP) is 2.27. The van der Waals surface area contributed by atoms with Crippen LogP contribution in [0.3, 0.4) is 0 Å². The Hall–Kier alpha value is -1.58. The first-order valence-corrected chi connectivity index (χ1v) is 5.80. The molecule has 0 aliphatic carbocycles. The fraction of sp³-hybridized carbons (Fsp3) is 0.538. The number of carbonyl (C=O) groups excluding carboxylic acids is 1. The fourth-order valence-corrected chi connectivity index (χ4v) is 1.25. The Kier molecular flexibility index (Phi) is 4.10. The van der Waals surface area contributed by atoms with Crippen LogP contribution >= 0.6 is 0 Å². The normalized spacial score (nSPS) is 13.2. The van der Waals surface area contributed by atoms with Gasteiger partial charge >= 0.3 is 0 Å². The highest BCUT2D eigenvalue weighted by Gasteiger charge is 2.19. The van der Waals surface area contributed by atoms with Crippen LogP contribution in [-0.4, -0.2) is 17.4 Å². The first kappa shape index (κ1) is 13.5. The smallest absolute Gasteiger partial charge is 0.267 e. The van der Waals surface area contributed by atoms with E-state index in [2.05, 4.69) is 38.0 Å². The molecule has 4 nitrogen and oxygen atoms in total. The van der Waals surface area contributed by atoms with Gasteiger partial charge < -0.3 is 11.1 Å². The Balaban J connectivity index is 2.64. The summed E-state index contributed by atoms with van der Waals surface area (Å²) in [7, 11) is 0. The van der Waals surface area contributed by atoms with Gasteiger partial charge in [0.1, 0.15) is 5.69 Å². The molecule has 17 heavy (non-hydrogen) atoms. The first-order valence-electron chi connectivity index (χ1n) is 5.80. The summed E-state index contributed by atoms with van der Waals surface area (Å²) < 4.78 is 0. The van der Waals surface area contributed by atoms with Crippen LogP contribution in [0.25, 0.3) is 0 Å². The maximum absolute atomic E-state index is 11.0. The summed E-state index contributed by atoms with van der Waals surface area (Å²) in [6.07, 6.45) is 1.59. The number of primary amides is 1. The zero-order valence-corrected chi connectivity index (χ0v) is 10.9. The predicted molar refractivity (Wildman–Crippen MR) is 69.9 cm³/mol. The minimum Gasteiger partial charge on any atom is -0.385 e. The average Bonchev–Trinajstić information content (AvgIpc) is 2.25. The summed E-state index contributed by atoms with van der Waals surface area (Å²) in [4.78, 5) is 14.9. The third kappa shape index (κ3) is 4.06. The molecule has 1 aromatic rings. The number of amides is 1. The van der Waals surface area contributed by atoms with E-state index in [1.165, 1.54) is 0 Å². The van der Waals surface area contributed by atoms with Crippen molar-refractivity contribution in [3.63, 3.8) is 0 Å². The van der Waals surface area contributed by atoms with Crippen molar-refractivity contribution in [1.29, 1.82) is 0 Å². The Bertz CT molecular complexity index is 396. The molecule has 3 N–H and O–H groups in total. The quantitative estimate of drug-likeness (QED) is 0.841. The minimum atomic E-state index is -0.502. The van der Waals surface area contributed by atoms with E-state index < -0.39 is 5.91 Å². The molecule has 1 atom stereocenters. The number of hydrogen-bond acceptors (Lipinski definition) is 3. The van der Waals surface area contributed by atoms with E-state index in [4.69, 9.17) is 5.73 Å². The van der Waals surface area contributed by atoms with Crippen LogP contribution in [-0.2, 0) is 0 Å². The van der Waals surface area contributed by atoms with E-state index in [0.29, 0.717) is 11.6 Å². The van der Waals surface area contributed by atoms with Gasteiger partial charge in [-0.3, -0.25) is 9.78 Å². The molecule has 0 aliphatic heterocycles. The lowest BCUT2D eigenvalue weighted by Gasteiger charge is -2.27. The summed E-state index contributed by atoms with van der Waals surface area (Å²) in [5, 5.41) is 3.30. The van der Waals surface area contributed by atoms with Crippen LogP contribution in [0.2, 0.25) is 0 Å². The second-order valence-electron chi connectivity index (χ2n) is 5.44. The summed E-state index contributed by atoms with van der Waals surface area (Å²) in [6, 6.07) is 3.51. The number of carbonyl (C=O) groups is 1. The highest BCUT2D eigenvalue weighted by molar-refractivity contribution is 5.91. The van der Waals surface area contributed by atoms with Crippen molar-refractivity contribution >= 4 is 11.6 Å². The molecule has 0 aliphatic rings. The van der Waals surface area contributed by atoms with Gasteiger partial charge in [0.2, 0.25) is 0 Å². The van der Waals surface area contributed by atoms with Gasteiger partial charge in [0.05, 0.1) is 0 Å². The fourth-order valence-electron chi connectivity index (χ4n) is 1.25. The number of pyridine rings is 1. The number of nitrogens with one attached hydrogen (secondary N) is 1. The third-order valence-electron chi connectivity index (χ3n) is 3.10. The standard InChI is InChI=1S/C13H21N3O/c1-9(13(2,3)4)8-16-10-5-6-15-11(7-10)12(14)17/h5-7,9H,8H2,1-4H3,(H2,14,17)(H,15,16). The third-order valence-corrected chi connectivity index (χ3v) is 3.10. The van der Waals surface area contributed by atoms with E-state index in [1.807, 2.05) is 6.07 Å². The van der Waals surface area contributed by atoms with Gasteiger partial charge in [-0.05, 0) is 23.5 Å². The van der Waals surface area contributed by atoms with Crippen LogP contribution in [0.4, 0.5) is 5.69 Å². The molecule has 0 radical (unpaired) electrons. The summed E-state index contributed by atoms with van der Waals surface area (Å²) in [5.74, 6) is 0.0187. The van der Waals surface area contributed by atoms with Crippen molar-refractivity contribution in [2.75, 3.05) is 11.9 Å². The molecule has 1 aromatic heterocycles. The molecule has 1 heterocycles. The lowest BCUT2D eigenvalue weighted by Crippen LogP contribution is -2.25. The van der Waals surface area contributed by atoms with E-state index in [0.717, 1.165) is 12.2 Å². The lowest BCUT2D eigenvalue weighted by atomic mass is 9.82. The number of anilines is 1. The van der Waals surface area contributed by atoms with Gasteiger partial charge in [0.25, 0.3) is 5.91 Å². The molecule has 1 rings (SSSR count). The molecule has 4 heteroatoms. The molecule has 0 bridgehead atoms. The van der Waals surface area contributed by atoms with E-state index in [-0.39, 0.29) is 5.41 Å². The Morgan fingerprint density at radius 3 is 2.71 bits per heavy atom. The molecule has 0 fully saturated rings. The van der Waals surface area contributed by atoms with E-state index in [9.17, 15) is 4.79 Å². The van der Waals surface area contributed by atoms with Crippen molar-refractivity contribution in [2.45, 2.75) is 27.7 Å². The number of nitrogens with zero attached hydrogens (tertiary/aromatic N) is 1. The Labute approximate surface area is 103 Å². The molecule has 0 saturated heterocycles. The largest absolute Gasteiger partial charge is 0.385 e. The highest BCUT2D eigenvalue weighted by atomic mass is 16.1. The maximum Gasteiger partial charge on any atom is 0.267 e. The molecule has 1 amide bonds. The van der Waals surface area contributed by atoms with Crippen LogP contribution in [0.5, 0.6) is 0 Å². The monoisotopic (exact) mass is 235 g/mol. The molecular formula is C13H21N3O. The van der Waals surface area contributed by atoms with Crippen molar-refractivity contribution in [2.24, 2.45) is 17.1 Å². The van der Waals surface area contributed by atoms with Gasteiger partial charge in [-0.15, -0.1) is 0 Å². The topological polar surface area (TPSA) is 68.0 Å². The number of hydrogen-bond donors (Lipinski definition) is 2. The number of aromatic nitrogens is 1. The Morgan fingerprint density at radius 2 is 2.18 bits per heavy atom. The van der Waals surface area contributed by atoms with Crippen molar-refractivity contribution in [3.05, 3.63) is 24.0 Å². The second-order valence-corrected chi connectivity index (χ2v) is 5.44. The Morgan fingerprint density at radius 1 is 1.53 bits per heavy atom. The lowest BCUT2D eigenvalue weighted by molar-refractivity contribution is 0.0995. The van der Waals surface area contributed by atoms with Gasteiger partial charge in [0.15, 0.2) is 0 Å². The van der Waals surface area contributed by atoms with Gasteiger partial charge in [-0.25, -0.2) is 0 Å².